The zero-order valence-corrected chi connectivity index (χ0v) is 15.4. The molecule has 0 aromatic heterocycles. The van der Waals surface area contributed by atoms with Crippen molar-refractivity contribution in [1.82, 2.24) is 4.72 Å². The van der Waals surface area contributed by atoms with E-state index in [9.17, 15) is 8.42 Å². The van der Waals surface area contributed by atoms with Crippen LogP contribution in [-0.4, -0.2) is 8.42 Å². The van der Waals surface area contributed by atoms with Crippen LogP contribution in [0.1, 0.15) is 37.7 Å². The summed E-state index contributed by atoms with van der Waals surface area (Å²) in [5.74, 6) is 0.673. The first-order chi connectivity index (χ1) is 12.6. The Balaban J connectivity index is 1.83. The molecule has 3 rings (SSSR count). The van der Waals surface area contributed by atoms with Crippen LogP contribution in [0.2, 0.25) is 0 Å². The number of rotatable bonds is 5. The Labute approximate surface area is 155 Å². The number of hydrogen-bond acceptors (Lipinski definition) is 3. The second-order valence-electron chi connectivity index (χ2n) is 6.59. The number of allylic oxidation sites excluding steroid dienone is 1. The molecular formula is C21H22N2O2S. The maximum atomic E-state index is 12.2. The van der Waals surface area contributed by atoms with Crippen LogP contribution in [0.15, 0.2) is 59.5 Å². The summed E-state index contributed by atoms with van der Waals surface area (Å²) in [7, 11) is -3.85. The van der Waals surface area contributed by atoms with Crippen molar-refractivity contribution in [2.45, 2.75) is 37.0 Å². The minimum absolute atomic E-state index is 0.104. The predicted molar refractivity (Wildman–Crippen MR) is 103 cm³/mol. The van der Waals surface area contributed by atoms with E-state index >= 15 is 0 Å². The normalized spacial score (nSPS) is 15.7. The third-order valence-electron chi connectivity index (χ3n) is 4.79. The summed E-state index contributed by atoms with van der Waals surface area (Å²) >= 11 is 0. The molecule has 0 heterocycles. The van der Waals surface area contributed by atoms with E-state index in [-0.39, 0.29) is 4.90 Å². The number of nitriles is 1. The van der Waals surface area contributed by atoms with Crippen LogP contribution in [0, 0.1) is 17.4 Å². The minimum atomic E-state index is -3.85. The first-order valence-corrected chi connectivity index (χ1v) is 10.4. The summed E-state index contributed by atoms with van der Waals surface area (Å²) in [6.45, 7) is 0. The van der Waals surface area contributed by atoms with E-state index in [1.807, 2.05) is 29.0 Å². The first kappa shape index (κ1) is 18.2. The molecule has 0 radical (unpaired) electrons. The van der Waals surface area contributed by atoms with Crippen molar-refractivity contribution in [3.8, 4) is 17.3 Å². The summed E-state index contributed by atoms with van der Waals surface area (Å²) in [6, 6.07) is 14.5. The number of hydrogen-bond donors (Lipinski definition) is 1. The highest BCUT2D eigenvalue weighted by atomic mass is 32.2. The van der Waals surface area contributed by atoms with E-state index in [1.165, 1.54) is 44.4 Å². The van der Waals surface area contributed by atoms with Gasteiger partial charge in [0.05, 0.1) is 4.90 Å². The number of nitrogens with one attached hydrogen (secondary N) is 1. The lowest BCUT2D eigenvalue weighted by Gasteiger charge is -2.17. The van der Waals surface area contributed by atoms with Crippen LogP contribution >= 0.6 is 0 Å². The molecular weight excluding hydrogens is 344 g/mol. The summed E-state index contributed by atoms with van der Waals surface area (Å²) in [4.78, 5) is 0.104. The highest BCUT2D eigenvalue weighted by Crippen LogP contribution is 2.28. The van der Waals surface area contributed by atoms with Crippen molar-refractivity contribution in [1.29, 1.82) is 5.26 Å². The molecule has 1 N–H and O–H groups in total. The number of sulfonamides is 1. The maximum absolute atomic E-state index is 12.2. The summed E-state index contributed by atoms with van der Waals surface area (Å²) in [5, 5.41) is 8.68. The third kappa shape index (κ3) is 4.33. The molecule has 1 aliphatic carbocycles. The summed E-state index contributed by atoms with van der Waals surface area (Å²) < 4.78 is 26.3. The zero-order valence-electron chi connectivity index (χ0n) is 14.6. The molecule has 0 saturated heterocycles. The third-order valence-corrected chi connectivity index (χ3v) is 6.08. The Morgan fingerprint density at radius 1 is 1.00 bits per heavy atom. The Kier molecular flexibility index (Phi) is 5.75. The van der Waals surface area contributed by atoms with Gasteiger partial charge in [0.2, 0.25) is 0 Å². The van der Waals surface area contributed by atoms with Gasteiger partial charge in [0, 0.05) is 5.56 Å². The first-order valence-electron chi connectivity index (χ1n) is 8.89. The van der Waals surface area contributed by atoms with Crippen LogP contribution < -0.4 is 4.72 Å². The molecule has 4 nitrogen and oxygen atoms in total. The molecule has 134 valence electrons. The second kappa shape index (κ2) is 8.20. The van der Waals surface area contributed by atoms with E-state index in [0.29, 0.717) is 11.5 Å². The van der Waals surface area contributed by atoms with E-state index in [0.717, 1.165) is 11.1 Å². The van der Waals surface area contributed by atoms with Gasteiger partial charge in [0.15, 0.2) is 6.19 Å². The average molecular weight is 366 g/mol. The van der Waals surface area contributed by atoms with E-state index in [4.69, 9.17) is 5.26 Å². The van der Waals surface area contributed by atoms with Gasteiger partial charge >= 0.3 is 0 Å². The average Bonchev–Trinajstić information content (AvgIpc) is 2.68. The van der Waals surface area contributed by atoms with Crippen LogP contribution in [0.3, 0.4) is 0 Å². The predicted octanol–water partition coefficient (Wildman–Crippen LogP) is 4.71. The molecule has 1 saturated carbocycles. The van der Waals surface area contributed by atoms with Crippen LogP contribution in [0.4, 0.5) is 0 Å². The molecule has 0 spiro atoms. The lowest BCUT2D eigenvalue weighted by molar-refractivity contribution is 0.420. The van der Waals surface area contributed by atoms with Crippen molar-refractivity contribution >= 4 is 16.1 Å². The van der Waals surface area contributed by atoms with Crippen LogP contribution in [0.5, 0.6) is 0 Å². The Bertz CT molecular complexity index is 919. The van der Waals surface area contributed by atoms with Gasteiger partial charge < -0.3 is 0 Å². The lowest BCUT2D eigenvalue weighted by atomic mass is 9.89. The SMILES string of the molecule is N#CNS(=O)(=O)c1ccccc1-c1ccc(/C=C/C2CCCCC2)cc1. The Morgan fingerprint density at radius 2 is 1.69 bits per heavy atom. The molecule has 2 aromatic carbocycles. The van der Waals surface area contributed by atoms with E-state index < -0.39 is 10.0 Å². The van der Waals surface area contributed by atoms with Crippen molar-refractivity contribution in [2.24, 2.45) is 5.92 Å². The summed E-state index contributed by atoms with van der Waals surface area (Å²) in [5.41, 5.74) is 2.49. The second-order valence-corrected chi connectivity index (χ2v) is 8.24. The molecule has 1 fully saturated rings. The van der Waals surface area contributed by atoms with E-state index in [2.05, 4.69) is 12.2 Å². The van der Waals surface area contributed by atoms with Gasteiger partial charge in [-0.1, -0.05) is 73.9 Å². The topological polar surface area (TPSA) is 70.0 Å². The fourth-order valence-electron chi connectivity index (χ4n) is 3.40. The van der Waals surface area contributed by atoms with Crippen LogP contribution in [0.25, 0.3) is 17.2 Å². The molecule has 0 unspecified atom stereocenters. The zero-order chi connectivity index (χ0) is 18.4. The standard InChI is InChI=1S/C21H22N2O2S/c22-16-23-26(24,25)21-9-5-4-8-20(21)19-14-12-18(13-15-19)11-10-17-6-2-1-3-7-17/h4-5,8-15,17,23H,1-3,6-7H2/b11-10+. The fraction of sp³-hybridized carbons (Fsp3) is 0.286. The van der Waals surface area contributed by atoms with Gasteiger partial charge in [-0.15, -0.1) is 0 Å². The lowest BCUT2D eigenvalue weighted by Crippen LogP contribution is -2.18. The highest BCUT2D eigenvalue weighted by Gasteiger charge is 2.18. The van der Waals surface area contributed by atoms with Crippen LogP contribution in [-0.2, 0) is 10.0 Å². The van der Waals surface area contributed by atoms with Gasteiger partial charge in [0.1, 0.15) is 0 Å². The fourth-order valence-corrected chi connectivity index (χ4v) is 4.37. The molecule has 26 heavy (non-hydrogen) atoms. The van der Waals surface area contributed by atoms with Gasteiger partial charge in [-0.3, -0.25) is 0 Å². The number of nitrogens with zero attached hydrogens (tertiary/aromatic N) is 1. The molecule has 1 aliphatic rings. The van der Waals surface area contributed by atoms with Gasteiger partial charge in [-0.2, -0.15) is 5.26 Å². The molecule has 0 atom stereocenters. The Morgan fingerprint density at radius 3 is 2.38 bits per heavy atom. The van der Waals surface area contributed by atoms with Gasteiger partial charge in [-0.25, -0.2) is 13.1 Å². The maximum Gasteiger partial charge on any atom is 0.270 e. The Hall–Kier alpha value is -2.58. The summed E-state index contributed by atoms with van der Waals surface area (Å²) in [6.07, 6.45) is 12.5. The minimum Gasteiger partial charge on any atom is -0.215 e. The largest absolute Gasteiger partial charge is 0.270 e. The highest BCUT2D eigenvalue weighted by molar-refractivity contribution is 7.89. The van der Waals surface area contributed by atoms with Crippen molar-refractivity contribution in [2.75, 3.05) is 0 Å². The van der Waals surface area contributed by atoms with Gasteiger partial charge in [0.25, 0.3) is 10.0 Å². The van der Waals surface area contributed by atoms with Crippen molar-refractivity contribution < 1.29 is 8.42 Å². The molecule has 0 aliphatic heterocycles. The molecule has 0 bridgehead atoms. The quantitative estimate of drug-likeness (QED) is 0.615. The van der Waals surface area contributed by atoms with E-state index in [1.54, 1.807) is 18.2 Å². The van der Waals surface area contributed by atoms with Crippen molar-refractivity contribution in [3.63, 3.8) is 0 Å². The van der Waals surface area contributed by atoms with Gasteiger partial charge in [-0.05, 0) is 36.0 Å². The smallest absolute Gasteiger partial charge is 0.215 e. The molecule has 0 amide bonds. The van der Waals surface area contributed by atoms with Crippen molar-refractivity contribution in [3.05, 3.63) is 60.2 Å². The monoisotopic (exact) mass is 366 g/mol. The molecule has 2 aromatic rings. The molecule has 5 heteroatoms. The number of benzene rings is 2.